The molecule has 2 aliphatic heterocycles. The lowest BCUT2D eigenvalue weighted by Crippen LogP contribution is -2.46. The number of hydrogen-bond donors (Lipinski definition) is 1. The van der Waals surface area contributed by atoms with E-state index in [-0.39, 0.29) is 11.7 Å². The molecule has 0 aliphatic carbocycles. The van der Waals surface area contributed by atoms with Crippen molar-refractivity contribution in [3.63, 3.8) is 0 Å². The third kappa shape index (κ3) is 4.04. The van der Waals surface area contributed by atoms with Crippen LogP contribution >= 0.6 is 11.3 Å². The van der Waals surface area contributed by atoms with Gasteiger partial charge in [-0.25, -0.2) is 4.79 Å². The quantitative estimate of drug-likeness (QED) is 0.670. The van der Waals surface area contributed by atoms with Gasteiger partial charge in [0.2, 0.25) is 5.91 Å². The minimum atomic E-state index is -1.28. The van der Waals surface area contributed by atoms with Gasteiger partial charge in [-0.2, -0.15) is 0 Å². The summed E-state index contributed by atoms with van der Waals surface area (Å²) in [6.45, 7) is 7.39. The fraction of sp³-hybridized carbons (Fsp3) is 0.458. The molecule has 0 spiro atoms. The van der Waals surface area contributed by atoms with Gasteiger partial charge in [0.05, 0.1) is 24.2 Å². The van der Waals surface area contributed by atoms with Crippen LogP contribution in [0.3, 0.4) is 0 Å². The van der Waals surface area contributed by atoms with E-state index in [2.05, 4.69) is 5.32 Å². The Labute approximate surface area is 190 Å². The highest BCUT2D eigenvalue weighted by Crippen LogP contribution is 2.45. The van der Waals surface area contributed by atoms with Crippen LogP contribution < -0.4 is 10.4 Å². The first kappa shape index (κ1) is 22.5. The second-order valence-corrected chi connectivity index (χ2v) is 9.93. The highest BCUT2D eigenvalue weighted by Gasteiger charge is 2.53. The third-order valence-corrected chi connectivity index (χ3v) is 7.08. The zero-order valence-corrected chi connectivity index (χ0v) is 19.3. The molecule has 2 bridgehead atoms. The van der Waals surface area contributed by atoms with E-state index in [0.29, 0.717) is 23.4 Å². The average Bonchev–Trinajstić information content (AvgIpc) is 3.41. The molecule has 3 heterocycles. The van der Waals surface area contributed by atoms with Crippen LogP contribution in [0.15, 0.2) is 24.3 Å². The van der Waals surface area contributed by atoms with E-state index < -0.39 is 41.9 Å². The number of amides is 1. The molecule has 2 fully saturated rings. The van der Waals surface area contributed by atoms with E-state index in [1.54, 1.807) is 13.8 Å². The summed E-state index contributed by atoms with van der Waals surface area (Å²) in [5.41, 5.74) is 2.92. The fourth-order valence-electron chi connectivity index (χ4n) is 4.67. The van der Waals surface area contributed by atoms with Crippen molar-refractivity contribution in [3.8, 4) is 11.1 Å². The number of nitrogens with one attached hydrogen (secondary N) is 1. The van der Waals surface area contributed by atoms with E-state index in [1.807, 2.05) is 38.1 Å². The Morgan fingerprint density at radius 3 is 2.31 bits per heavy atom. The second kappa shape index (κ2) is 8.67. The molecule has 1 aromatic carbocycles. The summed E-state index contributed by atoms with van der Waals surface area (Å²) in [4.78, 5) is 38.8. The molecule has 1 amide bonds. The topological polar surface area (TPSA) is 105 Å². The van der Waals surface area contributed by atoms with Gasteiger partial charge in [-0.05, 0) is 46.1 Å². The van der Waals surface area contributed by atoms with Crippen molar-refractivity contribution in [3.05, 3.63) is 40.3 Å². The van der Waals surface area contributed by atoms with E-state index in [9.17, 15) is 19.5 Å². The molecule has 1 aromatic heterocycles. The first-order chi connectivity index (χ1) is 15.2. The van der Waals surface area contributed by atoms with Gasteiger partial charge >= 0.3 is 5.97 Å². The number of aliphatic carboxylic acids is 1. The SMILES string of the molecule is Cc1ccc(-c2c(C)sc(NC(=O)[C@@H]3[C@@H](C(=O)[O-])[C@@H]4CC[C@H]3O4)c2C(=O)OC(C)C)cc1. The van der Waals surface area contributed by atoms with Crippen molar-refractivity contribution >= 4 is 34.2 Å². The van der Waals surface area contributed by atoms with Crippen LogP contribution in [0.2, 0.25) is 0 Å². The first-order valence-electron chi connectivity index (χ1n) is 10.8. The number of anilines is 1. The summed E-state index contributed by atoms with van der Waals surface area (Å²) < 4.78 is 11.2. The lowest BCUT2D eigenvalue weighted by Gasteiger charge is -2.27. The zero-order valence-electron chi connectivity index (χ0n) is 18.5. The van der Waals surface area contributed by atoms with Crippen LogP contribution in [0.4, 0.5) is 5.00 Å². The zero-order chi connectivity index (χ0) is 23.2. The largest absolute Gasteiger partial charge is 0.550 e. The lowest BCUT2D eigenvalue weighted by molar-refractivity contribution is -0.313. The Balaban J connectivity index is 1.71. The molecule has 0 saturated carbocycles. The van der Waals surface area contributed by atoms with E-state index in [0.717, 1.165) is 16.0 Å². The second-order valence-electron chi connectivity index (χ2n) is 8.71. The Kier molecular flexibility index (Phi) is 6.09. The Bertz CT molecular complexity index is 1060. The molecule has 2 aliphatic rings. The molecule has 4 atom stereocenters. The first-order valence-corrected chi connectivity index (χ1v) is 11.6. The molecule has 0 unspecified atom stereocenters. The van der Waals surface area contributed by atoms with Crippen molar-refractivity contribution in [2.75, 3.05) is 5.32 Å². The Morgan fingerprint density at radius 2 is 1.72 bits per heavy atom. The van der Waals surface area contributed by atoms with Gasteiger partial charge in [-0.3, -0.25) is 4.79 Å². The number of ether oxygens (including phenoxy) is 2. The summed E-state index contributed by atoms with van der Waals surface area (Å²) in [7, 11) is 0. The van der Waals surface area contributed by atoms with Gasteiger partial charge < -0.3 is 24.7 Å². The molecule has 4 rings (SSSR count). The van der Waals surface area contributed by atoms with Crippen LogP contribution in [0.25, 0.3) is 11.1 Å². The normalized spacial score (nSPS) is 24.0. The van der Waals surface area contributed by atoms with Gasteiger partial charge in [0, 0.05) is 22.3 Å². The van der Waals surface area contributed by atoms with Gasteiger partial charge in [-0.15, -0.1) is 11.3 Å². The number of aryl methyl sites for hydroxylation is 2. The maximum atomic E-state index is 13.2. The smallest absolute Gasteiger partial charge is 0.342 e. The monoisotopic (exact) mass is 456 g/mol. The van der Waals surface area contributed by atoms with Crippen LogP contribution in [-0.2, 0) is 19.1 Å². The van der Waals surface area contributed by atoms with Gasteiger partial charge in [0.25, 0.3) is 0 Å². The highest BCUT2D eigenvalue weighted by molar-refractivity contribution is 7.17. The predicted octanol–water partition coefficient (Wildman–Crippen LogP) is 3.08. The molecular weight excluding hydrogens is 430 g/mol. The number of thiophene rings is 1. The van der Waals surface area contributed by atoms with E-state index in [1.165, 1.54) is 11.3 Å². The highest BCUT2D eigenvalue weighted by atomic mass is 32.1. The van der Waals surface area contributed by atoms with Crippen molar-refractivity contribution in [1.29, 1.82) is 0 Å². The molecule has 170 valence electrons. The molecule has 2 aromatic rings. The van der Waals surface area contributed by atoms with Crippen LogP contribution in [0.1, 0.15) is 47.5 Å². The third-order valence-electron chi connectivity index (χ3n) is 6.06. The number of carbonyl (C=O) groups is 3. The van der Waals surface area contributed by atoms with Gasteiger partial charge in [0.15, 0.2) is 0 Å². The molecule has 8 heteroatoms. The van der Waals surface area contributed by atoms with Crippen LogP contribution in [-0.4, -0.2) is 36.2 Å². The predicted molar refractivity (Wildman–Crippen MR) is 118 cm³/mol. The Morgan fingerprint density at radius 1 is 1.09 bits per heavy atom. The summed E-state index contributed by atoms with van der Waals surface area (Å²) in [5.74, 6) is -4.12. The van der Waals surface area contributed by atoms with Crippen molar-refractivity contribution in [1.82, 2.24) is 0 Å². The molecule has 1 N–H and O–H groups in total. The number of carbonyl (C=O) groups excluding carboxylic acids is 3. The number of carboxylic acid groups (broad SMARTS) is 1. The van der Waals surface area contributed by atoms with E-state index >= 15 is 0 Å². The van der Waals surface area contributed by atoms with Crippen molar-refractivity contribution in [2.24, 2.45) is 11.8 Å². The average molecular weight is 457 g/mol. The molecular formula is C24H26NO6S-. The molecule has 2 saturated heterocycles. The van der Waals surface area contributed by atoms with Crippen molar-refractivity contribution in [2.45, 2.75) is 58.8 Å². The fourth-order valence-corrected chi connectivity index (χ4v) is 5.74. The number of rotatable bonds is 6. The number of fused-ring (bicyclic) bond motifs is 2. The summed E-state index contributed by atoms with van der Waals surface area (Å²) in [5, 5.41) is 14.9. The van der Waals surface area contributed by atoms with E-state index in [4.69, 9.17) is 9.47 Å². The minimum Gasteiger partial charge on any atom is -0.550 e. The van der Waals surface area contributed by atoms with Crippen LogP contribution in [0, 0.1) is 25.7 Å². The number of carboxylic acids is 1. The van der Waals surface area contributed by atoms with Gasteiger partial charge in [0.1, 0.15) is 10.6 Å². The minimum absolute atomic E-state index is 0.285. The molecule has 32 heavy (non-hydrogen) atoms. The maximum absolute atomic E-state index is 13.2. The molecule has 7 nitrogen and oxygen atoms in total. The van der Waals surface area contributed by atoms with Crippen molar-refractivity contribution < 1.29 is 29.0 Å². The number of benzene rings is 1. The summed E-state index contributed by atoms with van der Waals surface area (Å²) in [6.07, 6.45) is -0.0498. The maximum Gasteiger partial charge on any atom is 0.342 e. The summed E-state index contributed by atoms with van der Waals surface area (Å²) >= 11 is 1.28. The van der Waals surface area contributed by atoms with Crippen LogP contribution in [0.5, 0.6) is 0 Å². The van der Waals surface area contributed by atoms with Gasteiger partial charge in [-0.1, -0.05) is 29.8 Å². The standard InChI is InChI=1S/C24H27NO6S/c1-11(2)30-24(29)20-17(14-7-5-12(3)6-8-14)13(4)32-22(20)25-21(26)18-15-9-10-16(31-15)19(18)23(27)28/h5-8,11,15-16,18-19H,9-10H2,1-4H3,(H,25,26)(H,27,28)/p-1/t15-,16+,18+,19+/m1/s1. The molecule has 0 radical (unpaired) electrons. The number of esters is 1. The lowest BCUT2D eigenvalue weighted by atomic mass is 9.78. The number of hydrogen-bond acceptors (Lipinski definition) is 7. The summed E-state index contributed by atoms with van der Waals surface area (Å²) in [6, 6.07) is 7.77. The Hall–Kier alpha value is -2.71.